The summed E-state index contributed by atoms with van der Waals surface area (Å²) in [4.78, 5) is 16.2. The molecule has 0 atom stereocenters. The quantitative estimate of drug-likeness (QED) is 0.772. The van der Waals surface area contributed by atoms with Crippen LogP contribution in [0.3, 0.4) is 0 Å². The van der Waals surface area contributed by atoms with Gasteiger partial charge < -0.3 is 5.32 Å². The minimum absolute atomic E-state index is 0.0696. The van der Waals surface area contributed by atoms with Gasteiger partial charge in [0.1, 0.15) is 0 Å². The number of benzene rings is 2. The fourth-order valence-corrected chi connectivity index (χ4v) is 2.65. The number of nitrogens with one attached hydrogen (secondary N) is 1. The van der Waals surface area contributed by atoms with E-state index in [-0.39, 0.29) is 5.91 Å². The number of hydrogen-bond donors (Lipinski definition) is 1. The first-order valence-electron chi connectivity index (χ1n) is 8.07. The molecule has 0 aliphatic heterocycles. The van der Waals surface area contributed by atoms with Gasteiger partial charge in [-0.3, -0.25) is 9.78 Å². The number of nitrogens with zero attached hydrogens (tertiary/aromatic N) is 1. The van der Waals surface area contributed by atoms with Crippen LogP contribution in [-0.4, -0.2) is 17.4 Å². The summed E-state index contributed by atoms with van der Waals surface area (Å²) in [6.45, 7) is 2.52. The van der Waals surface area contributed by atoms with Crippen LogP contribution in [-0.2, 0) is 6.42 Å². The predicted molar refractivity (Wildman–Crippen MR) is 96.9 cm³/mol. The lowest BCUT2D eigenvalue weighted by Gasteiger charge is -2.08. The molecule has 0 radical (unpaired) electrons. The molecule has 0 saturated heterocycles. The molecule has 3 rings (SSSR count). The highest BCUT2D eigenvalue weighted by Gasteiger charge is 2.08. The molecule has 120 valence electrons. The van der Waals surface area contributed by atoms with Crippen molar-refractivity contribution in [2.24, 2.45) is 0 Å². The molecule has 0 saturated carbocycles. The largest absolute Gasteiger partial charge is 0.352 e. The molecule has 1 heterocycles. The molecule has 0 fully saturated rings. The highest BCUT2D eigenvalue weighted by atomic mass is 16.1. The van der Waals surface area contributed by atoms with Crippen LogP contribution in [0.4, 0.5) is 0 Å². The van der Waals surface area contributed by atoms with Crippen LogP contribution in [0.15, 0.2) is 73.1 Å². The van der Waals surface area contributed by atoms with Gasteiger partial charge in [-0.25, -0.2) is 0 Å². The number of carbonyl (C=O) groups excluding carboxylic acids is 1. The molecule has 2 aromatic carbocycles. The van der Waals surface area contributed by atoms with Gasteiger partial charge in [0.15, 0.2) is 0 Å². The van der Waals surface area contributed by atoms with Gasteiger partial charge >= 0.3 is 0 Å². The second kappa shape index (κ2) is 7.55. The Hall–Kier alpha value is -2.94. The summed E-state index contributed by atoms with van der Waals surface area (Å²) >= 11 is 0. The van der Waals surface area contributed by atoms with Crippen molar-refractivity contribution in [3.63, 3.8) is 0 Å². The van der Waals surface area contributed by atoms with Crippen molar-refractivity contribution < 1.29 is 4.79 Å². The van der Waals surface area contributed by atoms with Crippen LogP contribution in [0, 0.1) is 6.92 Å². The number of aromatic nitrogens is 1. The van der Waals surface area contributed by atoms with E-state index < -0.39 is 0 Å². The fraction of sp³-hybridized carbons (Fsp3) is 0.143. The molecule has 1 N–H and O–H groups in total. The highest BCUT2D eigenvalue weighted by Crippen LogP contribution is 2.20. The van der Waals surface area contributed by atoms with E-state index in [9.17, 15) is 4.79 Å². The Kier molecular flexibility index (Phi) is 5.02. The maximum absolute atomic E-state index is 12.2. The van der Waals surface area contributed by atoms with Crippen molar-refractivity contribution in [3.05, 3.63) is 89.7 Å². The standard InChI is InChI=1S/C21H20N2O/c1-16-10-12-22-15-20(16)21(24)23-13-11-17-6-5-9-19(14-17)18-7-3-2-4-8-18/h2-10,12,14-15H,11,13H2,1H3,(H,23,24). The topological polar surface area (TPSA) is 42.0 Å². The Bertz CT molecular complexity index is 828. The summed E-state index contributed by atoms with van der Waals surface area (Å²) in [7, 11) is 0. The maximum atomic E-state index is 12.2. The number of aryl methyl sites for hydroxylation is 1. The van der Waals surface area contributed by atoms with Crippen molar-refractivity contribution in [1.82, 2.24) is 10.3 Å². The SMILES string of the molecule is Cc1ccncc1C(=O)NCCc1cccc(-c2ccccc2)c1. The zero-order chi connectivity index (χ0) is 16.8. The minimum atomic E-state index is -0.0696. The van der Waals surface area contributed by atoms with Gasteiger partial charge in [-0.15, -0.1) is 0 Å². The van der Waals surface area contributed by atoms with Gasteiger partial charge in [-0.05, 0) is 41.7 Å². The third-order valence-corrected chi connectivity index (χ3v) is 4.02. The molecule has 0 aliphatic rings. The zero-order valence-electron chi connectivity index (χ0n) is 13.7. The molecular weight excluding hydrogens is 296 g/mol. The van der Waals surface area contributed by atoms with Crippen molar-refractivity contribution in [2.45, 2.75) is 13.3 Å². The van der Waals surface area contributed by atoms with Gasteiger partial charge in [-0.1, -0.05) is 54.6 Å². The molecule has 1 amide bonds. The first kappa shape index (κ1) is 15.9. The molecule has 0 aliphatic carbocycles. The van der Waals surface area contributed by atoms with E-state index in [0.29, 0.717) is 12.1 Å². The molecule has 1 aromatic heterocycles. The maximum Gasteiger partial charge on any atom is 0.253 e. The molecule has 3 aromatic rings. The lowest BCUT2D eigenvalue weighted by molar-refractivity contribution is 0.0953. The Labute approximate surface area is 142 Å². The summed E-state index contributed by atoms with van der Waals surface area (Å²) in [6.07, 6.45) is 4.10. The second-order valence-corrected chi connectivity index (χ2v) is 5.76. The van der Waals surface area contributed by atoms with Crippen LogP contribution < -0.4 is 5.32 Å². The normalized spacial score (nSPS) is 10.4. The molecular formula is C21H20N2O. The lowest BCUT2D eigenvalue weighted by Crippen LogP contribution is -2.26. The first-order valence-corrected chi connectivity index (χ1v) is 8.07. The van der Waals surface area contributed by atoms with Crippen LogP contribution in [0.5, 0.6) is 0 Å². The smallest absolute Gasteiger partial charge is 0.253 e. The number of carbonyl (C=O) groups is 1. The van der Waals surface area contributed by atoms with Crippen molar-refractivity contribution in [1.29, 1.82) is 0 Å². The fourth-order valence-electron chi connectivity index (χ4n) is 2.65. The van der Waals surface area contributed by atoms with Gasteiger partial charge in [-0.2, -0.15) is 0 Å². The van der Waals surface area contributed by atoms with E-state index in [4.69, 9.17) is 0 Å². The van der Waals surface area contributed by atoms with Crippen LogP contribution >= 0.6 is 0 Å². The van der Waals surface area contributed by atoms with E-state index in [0.717, 1.165) is 12.0 Å². The van der Waals surface area contributed by atoms with Crippen LogP contribution in [0.25, 0.3) is 11.1 Å². The average molecular weight is 316 g/mol. The summed E-state index contributed by atoms with van der Waals surface area (Å²) in [6, 6.07) is 20.6. The zero-order valence-corrected chi connectivity index (χ0v) is 13.7. The summed E-state index contributed by atoms with van der Waals surface area (Å²) in [5.74, 6) is -0.0696. The number of pyridine rings is 1. The summed E-state index contributed by atoms with van der Waals surface area (Å²) < 4.78 is 0. The Morgan fingerprint density at radius 2 is 1.79 bits per heavy atom. The molecule has 3 heteroatoms. The molecule has 24 heavy (non-hydrogen) atoms. The number of hydrogen-bond acceptors (Lipinski definition) is 2. The monoisotopic (exact) mass is 316 g/mol. The third kappa shape index (κ3) is 3.87. The average Bonchev–Trinajstić information content (AvgIpc) is 2.63. The lowest BCUT2D eigenvalue weighted by atomic mass is 10.0. The van der Waals surface area contributed by atoms with Crippen LogP contribution in [0.2, 0.25) is 0 Å². The molecule has 0 spiro atoms. The predicted octanol–water partition coefficient (Wildman–Crippen LogP) is 4.03. The third-order valence-electron chi connectivity index (χ3n) is 4.02. The van der Waals surface area contributed by atoms with Gasteiger partial charge in [0.05, 0.1) is 5.56 Å². The van der Waals surface area contributed by atoms with E-state index in [1.54, 1.807) is 12.4 Å². The van der Waals surface area contributed by atoms with Gasteiger partial charge in [0, 0.05) is 18.9 Å². The molecule has 3 nitrogen and oxygen atoms in total. The summed E-state index contributed by atoms with van der Waals surface area (Å²) in [5, 5.41) is 2.97. The van der Waals surface area contributed by atoms with E-state index in [1.807, 2.05) is 31.2 Å². The van der Waals surface area contributed by atoms with Gasteiger partial charge in [0.2, 0.25) is 0 Å². The van der Waals surface area contributed by atoms with Crippen LogP contribution in [0.1, 0.15) is 21.5 Å². The summed E-state index contributed by atoms with van der Waals surface area (Å²) in [5.41, 5.74) is 5.18. The Morgan fingerprint density at radius 1 is 1.00 bits per heavy atom. The molecule has 0 bridgehead atoms. The van der Waals surface area contributed by atoms with Crippen molar-refractivity contribution >= 4 is 5.91 Å². The minimum Gasteiger partial charge on any atom is -0.352 e. The second-order valence-electron chi connectivity index (χ2n) is 5.76. The van der Waals surface area contributed by atoms with E-state index >= 15 is 0 Å². The highest BCUT2D eigenvalue weighted by molar-refractivity contribution is 5.95. The van der Waals surface area contributed by atoms with Crippen molar-refractivity contribution in [3.8, 4) is 11.1 Å². The van der Waals surface area contributed by atoms with Gasteiger partial charge in [0.25, 0.3) is 5.91 Å². The Morgan fingerprint density at radius 3 is 2.58 bits per heavy atom. The number of rotatable bonds is 5. The first-order chi connectivity index (χ1) is 11.7. The Balaban J connectivity index is 1.61. The number of amides is 1. The van der Waals surface area contributed by atoms with E-state index in [1.165, 1.54) is 16.7 Å². The van der Waals surface area contributed by atoms with E-state index in [2.05, 4.69) is 46.7 Å². The molecule has 0 unspecified atom stereocenters. The van der Waals surface area contributed by atoms with Crippen molar-refractivity contribution in [2.75, 3.05) is 6.54 Å².